The summed E-state index contributed by atoms with van der Waals surface area (Å²) in [6, 6.07) is 14.1. The number of nitrogens with one attached hydrogen (secondary N) is 3. The Morgan fingerprint density at radius 2 is 1.87 bits per heavy atom. The molecule has 4 rings (SSSR count). The second-order valence-electron chi connectivity index (χ2n) is 7.33. The summed E-state index contributed by atoms with van der Waals surface area (Å²) in [5, 5.41) is 7.51. The molecule has 0 aliphatic carbocycles. The molecular formula is C22H21N5O3. The third-order valence-corrected chi connectivity index (χ3v) is 4.52. The molecule has 3 aromatic heterocycles. The fraction of sp³-hybridized carbons (Fsp3) is 0.182. The first-order valence-corrected chi connectivity index (χ1v) is 9.60. The van der Waals surface area contributed by atoms with Crippen molar-refractivity contribution in [2.24, 2.45) is 5.92 Å². The van der Waals surface area contributed by atoms with Gasteiger partial charge in [0.25, 0.3) is 11.8 Å². The van der Waals surface area contributed by atoms with E-state index < -0.39 is 11.8 Å². The van der Waals surface area contributed by atoms with Crippen molar-refractivity contribution in [2.45, 2.75) is 20.3 Å². The molecule has 0 radical (unpaired) electrons. The number of benzene rings is 1. The number of hydrogen-bond acceptors (Lipinski definition) is 5. The predicted octanol–water partition coefficient (Wildman–Crippen LogP) is 3.49. The Morgan fingerprint density at radius 3 is 2.63 bits per heavy atom. The van der Waals surface area contributed by atoms with E-state index in [-0.39, 0.29) is 5.69 Å². The lowest BCUT2D eigenvalue weighted by Crippen LogP contribution is -2.41. The van der Waals surface area contributed by atoms with Crippen LogP contribution in [-0.2, 0) is 6.42 Å². The Morgan fingerprint density at radius 1 is 1.07 bits per heavy atom. The van der Waals surface area contributed by atoms with Crippen LogP contribution in [0, 0.1) is 5.92 Å². The van der Waals surface area contributed by atoms with Gasteiger partial charge in [0.15, 0.2) is 11.5 Å². The maximum absolute atomic E-state index is 12.9. The molecule has 0 unspecified atom stereocenters. The van der Waals surface area contributed by atoms with Gasteiger partial charge in [-0.15, -0.1) is 0 Å². The maximum atomic E-state index is 12.9. The van der Waals surface area contributed by atoms with Gasteiger partial charge in [-0.2, -0.15) is 5.10 Å². The van der Waals surface area contributed by atoms with E-state index in [1.54, 1.807) is 36.6 Å². The van der Waals surface area contributed by atoms with Gasteiger partial charge in [-0.05, 0) is 42.7 Å². The number of hydrazine groups is 1. The van der Waals surface area contributed by atoms with E-state index in [0.29, 0.717) is 33.8 Å². The maximum Gasteiger partial charge on any atom is 0.290 e. The molecule has 3 N–H and O–H groups in total. The van der Waals surface area contributed by atoms with Gasteiger partial charge in [0, 0.05) is 11.1 Å². The number of fused-ring (bicyclic) bond motifs is 1. The zero-order chi connectivity index (χ0) is 21.1. The molecule has 0 aliphatic rings. The number of pyridine rings is 1. The van der Waals surface area contributed by atoms with Crippen LogP contribution < -0.4 is 10.9 Å². The number of carbonyl (C=O) groups excluding carboxylic acids is 2. The molecule has 8 heteroatoms. The molecule has 0 saturated carbocycles. The average Bonchev–Trinajstić information content (AvgIpc) is 3.43. The molecule has 1 aromatic carbocycles. The molecule has 30 heavy (non-hydrogen) atoms. The predicted molar refractivity (Wildman–Crippen MR) is 112 cm³/mol. The van der Waals surface area contributed by atoms with Crippen molar-refractivity contribution < 1.29 is 14.0 Å². The highest BCUT2D eigenvalue weighted by Crippen LogP contribution is 2.25. The highest BCUT2D eigenvalue weighted by atomic mass is 16.3. The summed E-state index contributed by atoms with van der Waals surface area (Å²) in [7, 11) is 0. The number of carbonyl (C=O) groups is 2. The van der Waals surface area contributed by atoms with E-state index in [9.17, 15) is 9.59 Å². The van der Waals surface area contributed by atoms with Crippen molar-refractivity contribution in [2.75, 3.05) is 0 Å². The standard InChI is InChI=1S/C22H21N5O3/c1-13(2)10-14-11-19(25-24-14)22(29)27-26-21(28)16-12-18(20-8-5-9-30-20)23-17-7-4-3-6-15(16)17/h3-9,11-13H,10H2,1-2H3,(H,24,25)(H,26,28)(H,27,29). The summed E-state index contributed by atoms with van der Waals surface area (Å²) in [6.07, 6.45) is 2.33. The summed E-state index contributed by atoms with van der Waals surface area (Å²) in [4.78, 5) is 29.8. The lowest BCUT2D eigenvalue weighted by atomic mass is 10.1. The molecular weight excluding hydrogens is 382 g/mol. The summed E-state index contributed by atoms with van der Waals surface area (Å²) in [6.45, 7) is 4.16. The number of aromatic nitrogens is 3. The zero-order valence-electron chi connectivity index (χ0n) is 16.6. The van der Waals surface area contributed by atoms with Crippen molar-refractivity contribution in [1.82, 2.24) is 26.0 Å². The summed E-state index contributed by atoms with van der Waals surface area (Å²) in [5.41, 5.74) is 7.50. The lowest BCUT2D eigenvalue weighted by molar-refractivity contribution is 0.0845. The Hall–Kier alpha value is -3.94. The van der Waals surface area contributed by atoms with E-state index in [4.69, 9.17) is 4.42 Å². The van der Waals surface area contributed by atoms with Gasteiger partial charge in [0.05, 0.1) is 17.3 Å². The monoisotopic (exact) mass is 403 g/mol. The molecule has 0 bridgehead atoms. The van der Waals surface area contributed by atoms with Gasteiger partial charge >= 0.3 is 0 Å². The molecule has 4 aromatic rings. The highest BCUT2D eigenvalue weighted by molar-refractivity contribution is 6.08. The third kappa shape index (κ3) is 4.07. The van der Waals surface area contributed by atoms with Crippen molar-refractivity contribution in [3.8, 4) is 11.5 Å². The van der Waals surface area contributed by atoms with E-state index in [2.05, 4.69) is 39.9 Å². The topological polar surface area (TPSA) is 113 Å². The van der Waals surface area contributed by atoms with Crippen LogP contribution in [0.2, 0.25) is 0 Å². The minimum atomic E-state index is -0.501. The van der Waals surface area contributed by atoms with Gasteiger partial charge in [0.2, 0.25) is 0 Å². The molecule has 0 aliphatic heterocycles. The van der Waals surface area contributed by atoms with Gasteiger partial charge in [-0.25, -0.2) is 4.98 Å². The molecule has 152 valence electrons. The van der Waals surface area contributed by atoms with Crippen LogP contribution in [-0.4, -0.2) is 27.0 Å². The van der Waals surface area contributed by atoms with Crippen LogP contribution in [0.1, 0.15) is 40.4 Å². The van der Waals surface area contributed by atoms with Crippen molar-refractivity contribution >= 4 is 22.7 Å². The lowest BCUT2D eigenvalue weighted by Gasteiger charge is -2.10. The van der Waals surface area contributed by atoms with Crippen LogP contribution in [0.25, 0.3) is 22.4 Å². The largest absolute Gasteiger partial charge is 0.463 e. The number of H-pyrrole nitrogens is 1. The molecule has 0 fully saturated rings. The highest BCUT2D eigenvalue weighted by Gasteiger charge is 2.17. The van der Waals surface area contributed by atoms with E-state index in [0.717, 1.165) is 12.1 Å². The first kappa shape index (κ1) is 19.4. The Balaban J connectivity index is 1.54. The van der Waals surface area contributed by atoms with E-state index in [1.807, 2.05) is 18.2 Å². The van der Waals surface area contributed by atoms with Gasteiger partial charge < -0.3 is 4.42 Å². The molecule has 0 spiro atoms. The van der Waals surface area contributed by atoms with Gasteiger partial charge in [0.1, 0.15) is 5.69 Å². The number of para-hydroxylation sites is 1. The summed E-state index contributed by atoms with van der Waals surface area (Å²) in [5.74, 6) is 0.0179. The quantitative estimate of drug-likeness (QED) is 0.442. The number of nitrogens with zero attached hydrogens (tertiary/aromatic N) is 2. The van der Waals surface area contributed by atoms with Crippen LogP contribution in [0.5, 0.6) is 0 Å². The van der Waals surface area contributed by atoms with Crippen LogP contribution in [0.4, 0.5) is 0 Å². The first-order chi connectivity index (χ1) is 14.5. The Bertz CT molecular complexity index is 1190. The van der Waals surface area contributed by atoms with Gasteiger partial charge in [-0.1, -0.05) is 32.0 Å². The minimum absolute atomic E-state index is 0.210. The van der Waals surface area contributed by atoms with Crippen molar-refractivity contribution in [3.63, 3.8) is 0 Å². The van der Waals surface area contributed by atoms with Gasteiger partial charge in [-0.3, -0.25) is 25.5 Å². The second-order valence-corrected chi connectivity index (χ2v) is 7.33. The fourth-order valence-electron chi connectivity index (χ4n) is 3.18. The third-order valence-electron chi connectivity index (χ3n) is 4.52. The average molecular weight is 403 g/mol. The number of aromatic amines is 1. The molecule has 0 atom stereocenters. The van der Waals surface area contributed by atoms with E-state index in [1.165, 1.54) is 0 Å². The minimum Gasteiger partial charge on any atom is -0.463 e. The SMILES string of the molecule is CC(C)Cc1cc(C(=O)NNC(=O)c2cc(-c3ccco3)nc3ccccc23)n[nH]1. The van der Waals surface area contributed by atoms with Crippen molar-refractivity contribution in [3.05, 3.63) is 71.7 Å². The number of rotatable bonds is 5. The Kier molecular flexibility index (Phi) is 5.30. The molecule has 2 amide bonds. The first-order valence-electron chi connectivity index (χ1n) is 9.60. The zero-order valence-corrected chi connectivity index (χ0v) is 16.6. The molecule has 8 nitrogen and oxygen atoms in total. The normalized spacial score (nSPS) is 11.0. The fourth-order valence-corrected chi connectivity index (χ4v) is 3.18. The molecule has 3 heterocycles. The summed E-state index contributed by atoms with van der Waals surface area (Å²) >= 11 is 0. The number of amides is 2. The Labute approximate surface area is 172 Å². The van der Waals surface area contributed by atoms with Crippen LogP contribution >= 0.6 is 0 Å². The number of hydrogen-bond donors (Lipinski definition) is 3. The second kappa shape index (κ2) is 8.20. The number of furan rings is 1. The van der Waals surface area contributed by atoms with Crippen LogP contribution in [0.15, 0.2) is 59.2 Å². The van der Waals surface area contributed by atoms with Crippen LogP contribution in [0.3, 0.4) is 0 Å². The molecule has 0 saturated heterocycles. The van der Waals surface area contributed by atoms with Crippen molar-refractivity contribution in [1.29, 1.82) is 0 Å². The summed E-state index contributed by atoms with van der Waals surface area (Å²) < 4.78 is 5.41. The smallest absolute Gasteiger partial charge is 0.290 e. The van der Waals surface area contributed by atoms with E-state index >= 15 is 0 Å².